The lowest BCUT2D eigenvalue weighted by atomic mass is 10.1. The number of methoxy groups -OCH3 is 2. The Balaban J connectivity index is 2.16. The minimum atomic E-state index is -0.480. The summed E-state index contributed by atoms with van der Waals surface area (Å²) in [7, 11) is 2.94. The van der Waals surface area contributed by atoms with Gasteiger partial charge in [-0.05, 0) is 6.07 Å². The van der Waals surface area contributed by atoms with Crippen LogP contribution in [0.25, 0.3) is 0 Å². The molecule has 0 radical (unpaired) electrons. The second-order valence-corrected chi connectivity index (χ2v) is 3.24. The highest BCUT2D eigenvalue weighted by atomic mass is 16.6. The summed E-state index contributed by atoms with van der Waals surface area (Å²) in [5.41, 5.74) is 0.885. The Morgan fingerprint density at radius 3 is 2.73 bits per heavy atom. The number of para-hydroxylation sites is 1. The Kier molecular flexibility index (Phi) is 2.60. The van der Waals surface area contributed by atoms with Gasteiger partial charge in [-0.3, -0.25) is 0 Å². The summed E-state index contributed by atoms with van der Waals surface area (Å²) in [6.07, 6.45) is -0.708. The fourth-order valence-corrected chi connectivity index (χ4v) is 1.55. The largest absolute Gasteiger partial charge is 0.496 e. The number of carbonyl (C=O) groups is 1. The maximum Gasteiger partial charge on any atom is 0.338 e. The number of ether oxygens (including phenoxy) is 3. The zero-order chi connectivity index (χ0) is 10.8. The second-order valence-electron chi connectivity index (χ2n) is 3.24. The van der Waals surface area contributed by atoms with E-state index in [0.29, 0.717) is 0 Å². The van der Waals surface area contributed by atoms with Crippen molar-refractivity contribution in [1.82, 2.24) is 0 Å². The first-order valence-electron chi connectivity index (χ1n) is 4.64. The molecule has 4 heteroatoms. The molecule has 1 fully saturated rings. The van der Waals surface area contributed by atoms with Gasteiger partial charge in [0.25, 0.3) is 0 Å². The average molecular weight is 208 g/mol. The van der Waals surface area contributed by atoms with Gasteiger partial charge in [-0.25, -0.2) is 4.79 Å². The monoisotopic (exact) mass is 208 g/mol. The van der Waals surface area contributed by atoms with Crippen LogP contribution in [0.1, 0.15) is 11.7 Å². The third-order valence-corrected chi connectivity index (χ3v) is 2.37. The van der Waals surface area contributed by atoms with Crippen molar-refractivity contribution in [2.45, 2.75) is 12.2 Å². The lowest BCUT2D eigenvalue weighted by Gasteiger charge is -2.04. The molecule has 0 spiro atoms. The first kappa shape index (κ1) is 9.98. The summed E-state index contributed by atoms with van der Waals surface area (Å²) >= 11 is 0. The molecule has 0 aliphatic carbocycles. The van der Waals surface area contributed by atoms with E-state index in [4.69, 9.17) is 9.47 Å². The molecule has 1 aliphatic heterocycles. The molecule has 0 aromatic heterocycles. The molecule has 2 rings (SSSR count). The summed E-state index contributed by atoms with van der Waals surface area (Å²) in [6, 6.07) is 7.48. The SMILES string of the molecule is COC(=O)[C@H]1O[C@@H]1c1ccccc1OC. The number of epoxide rings is 1. The van der Waals surface area contributed by atoms with Gasteiger partial charge in [0, 0.05) is 5.56 Å². The fourth-order valence-electron chi connectivity index (χ4n) is 1.55. The van der Waals surface area contributed by atoms with Gasteiger partial charge in [-0.15, -0.1) is 0 Å². The highest BCUT2D eigenvalue weighted by molar-refractivity contribution is 5.78. The Bertz CT molecular complexity index is 375. The fraction of sp³-hybridized carbons (Fsp3) is 0.364. The molecule has 1 aliphatic rings. The van der Waals surface area contributed by atoms with Gasteiger partial charge in [-0.1, -0.05) is 18.2 Å². The number of carbonyl (C=O) groups excluding carboxylic acids is 1. The summed E-state index contributed by atoms with van der Waals surface area (Å²) in [4.78, 5) is 11.2. The van der Waals surface area contributed by atoms with Crippen molar-refractivity contribution in [3.63, 3.8) is 0 Å². The van der Waals surface area contributed by atoms with Crippen LogP contribution in [0.2, 0.25) is 0 Å². The number of esters is 1. The van der Waals surface area contributed by atoms with E-state index in [1.165, 1.54) is 7.11 Å². The van der Waals surface area contributed by atoms with Crippen LogP contribution < -0.4 is 4.74 Å². The molecule has 1 saturated heterocycles. The van der Waals surface area contributed by atoms with E-state index < -0.39 is 6.10 Å². The number of hydrogen-bond donors (Lipinski definition) is 0. The van der Waals surface area contributed by atoms with Crippen LogP contribution in [0.15, 0.2) is 24.3 Å². The van der Waals surface area contributed by atoms with Crippen LogP contribution in [0, 0.1) is 0 Å². The Morgan fingerprint density at radius 2 is 2.07 bits per heavy atom. The average Bonchev–Trinajstić information content (AvgIpc) is 3.08. The minimum Gasteiger partial charge on any atom is -0.496 e. The molecule has 80 valence electrons. The van der Waals surface area contributed by atoms with Crippen molar-refractivity contribution in [3.05, 3.63) is 29.8 Å². The molecule has 2 atom stereocenters. The Morgan fingerprint density at radius 1 is 1.33 bits per heavy atom. The third-order valence-electron chi connectivity index (χ3n) is 2.37. The molecule has 4 nitrogen and oxygen atoms in total. The molecule has 0 amide bonds. The molecular formula is C11H12O4. The van der Waals surface area contributed by atoms with Crippen molar-refractivity contribution in [2.24, 2.45) is 0 Å². The van der Waals surface area contributed by atoms with Gasteiger partial charge < -0.3 is 14.2 Å². The second kappa shape index (κ2) is 3.90. The van der Waals surface area contributed by atoms with Crippen LogP contribution in [-0.4, -0.2) is 26.3 Å². The number of hydrogen-bond acceptors (Lipinski definition) is 4. The molecule has 1 aromatic rings. The molecule has 0 N–H and O–H groups in total. The van der Waals surface area contributed by atoms with Gasteiger partial charge in [-0.2, -0.15) is 0 Å². The zero-order valence-corrected chi connectivity index (χ0v) is 8.60. The van der Waals surface area contributed by atoms with Crippen molar-refractivity contribution in [3.8, 4) is 5.75 Å². The van der Waals surface area contributed by atoms with Gasteiger partial charge >= 0.3 is 5.97 Å². The van der Waals surface area contributed by atoms with E-state index in [1.54, 1.807) is 7.11 Å². The van der Waals surface area contributed by atoms with Crippen molar-refractivity contribution < 1.29 is 19.0 Å². The topological polar surface area (TPSA) is 48.1 Å². The quantitative estimate of drug-likeness (QED) is 0.555. The molecule has 1 heterocycles. The molecule has 15 heavy (non-hydrogen) atoms. The van der Waals surface area contributed by atoms with Crippen LogP contribution in [0.5, 0.6) is 5.75 Å². The molecule has 0 saturated carbocycles. The third kappa shape index (κ3) is 1.80. The summed E-state index contributed by atoms with van der Waals surface area (Å²) in [5, 5.41) is 0. The molecular weight excluding hydrogens is 196 g/mol. The minimum absolute atomic E-state index is 0.228. The van der Waals surface area contributed by atoms with Gasteiger partial charge in [0.1, 0.15) is 11.9 Å². The van der Waals surface area contributed by atoms with Crippen LogP contribution in [0.3, 0.4) is 0 Å². The standard InChI is InChI=1S/C11H12O4/c1-13-8-6-4-3-5-7(8)9-10(15-9)11(12)14-2/h3-6,9-10H,1-2H3/t9-,10+/m1/s1. The Labute approximate surface area is 87.8 Å². The Hall–Kier alpha value is -1.55. The van der Waals surface area contributed by atoms with Crippen molar-refractivity contribution >= 4 is 5.97 Å². The van der Waals surface area contributed by atoms with E-state index >= 15 is 0 Å². The smallest absolute Gasteiger partial charge is 0.338 e. The molecule has 0 bridgehead atoms. The van der Waals surface area contributed by atoms with E-state index in [9.17, 15) is 4.79 Å². The van der Waals surface area contributed by atoms with Crippen molar-refractivity contribution in [1.29, 1.82) is 0 Å². The van der Waals surface area contributed by atoms with Gasteiger partial charge in [0.15, 0.2) is 6.10 Å². The predicted molar refractivity (Wildman–Crippen MR) is 52.6 cm³/mol. The molecule has 0 unspecified atom stereocenters. The number of rotatable bonds is 3. The van der Waals surface area contributed by atoms with E-state index in [0.717, 1.165) is 11.3 Å². The zero-order valence-electron chi connectivity index (χ0n) is 8.60. The highest BCUT2D eigenvalue weighted by Crippen LogP contribution is 2.43. The predicted octanol–water partition coefficient (Wildman–Crippen LogP) is 1.31. The van der Waals surface area contributed by atoms with E-state index in [2.05, 4.69) is 4.74 Å². The van der Waals surface area contributed by atoms with E-state index in [-0.39, 0.29) is 12.1 Å². The van der Waals surface area contributed by atoms with E-state index in [1.807, 2.05) is 24.3 Å². The lowest BCUT2D eigenvalue weighted by Crippen LogP contribution is -2.09. The van der Waals surface area contributed by atoms with Crippen molar-refractivity contribution in [2.75, 3.05) is 14.2 Å². The lowest BCUT2D eigenvalue weighted by molar-refractivity contribution is -0.142. The maximum absolute atomic E-state index is 11.2. The van der Waals surface area contributed by atoms with Crippen LogP contribution in [0.4, 0.5) is 0 Å². The van der Waals surface area contributed by atoms with Gasteiger partial charge in [0.05, 0.1) is 14.2 Å². The summed E-state index contributed by atoms with van der Waals surface area (Å²) < 4.78 is 15.0. The normalized spacial score (nSPS) is 23.3. The summed E-state index contributed by atoms with van der Waals surface area (Å²) in [6.45, 7) is 0. The number of benzene rings is 1. The van der Waals surface area contributed by atoms with Gasteiger partial charge in [0.2, 0.25) is 0 Å². The molecule has 1 aromatic carbocycles. The first-order valence-corrected chi connectivity index (χ1v) is 4.64. The van der Waals surface area contributed by atoms with Crippen LogP contribution >= 0.6 is 0 Å². The maximum atomic E-state index is 11.2. The van der Waals surface area contributed by atoms with Crippen LogP contribution in [-0.2, 0) is 14.3 Å². The first-order chi connectivity index (χ1) is 7.27. The highest BCUT2D eigenvalue weighted by Gasteiger charge is 2.48. The summed E-state index contributed by atoms with van der Waals surface area (Å²) in [5.74, 6) is 0.389.